The van der Waals surface area contributed by atoms with Gasteiger partial charge in [0.1, 0.15) is 0 Å². The van der Waals surface area contributed by atoms with Gasteiger partial charge in [0.15, 0.2) is 0 Å². The highest BCUT2D eigenvalue weighted by Crippen LogP contribution is 2.33. The van der Waals surface area contributed by atoms with E-state index in [1.165, 1.54) is 54.5 Å². The molecule has 112 valence electrons. The second-order valence-electron chi connectivity index (χ2n) is 6.04. The van der Waals surface area contributed by atoms with E-state index in [2.05, 4.69) is 56.0 Å². The number of benzene rings is 1. The second-order valence-corrected chi connectivity index (χ2v) is 7.37. The van der Waals surface area contributed by atoms with Gasteiger partial charge in [-0.05, 0) is 56.3 Å². The van der Waals surface area contributed by atoms with Gasteiger partial charge in [0.2, 0.25) is 0 Å². The zero-order chi connectivity index (χ0) is 14.4. The highest BCUT2D eigenvalue weighted by atomic mass is 32.2. The van der Waals surface area contributed by atoms with Gasteiger partial charge in [0.25, 0.3) is 0 Å². The van der Waals surface area contributed by atoms with Crippen molar-refractivity contribution >= 4 is 11.8 Å². The van der Waals surface area contributed by atoms with E-state index in [-0.39, 0.29) is 0 Å². The van der Waals surface area contributed by atoms with Crippen LogP contribution in [0.2, 0.25) is 0 Å². The molecule has 1 saturated carbocycles. The molecule has 1 fully saturated rings. The molecular formula is C18H29NS. The molecular weight excluding hydrogens is 262 g/mol. The molecule has 1 unspecified atom stereocenters. The molecule has 1 aromatic carbocycles. The summed E-state index contributed by atoms with van der Waals surface area (Å²) in [5, 5.41) is 4.67. The predicted octanol–water partition coefficient (Wildman–Crippen LogP) is 5.02. The lowest BCUT2D eigenvalue weighted by Gasteiger charge is -2.23. The number of thioether (sulfide) groups is 1. The smallest absolute Gasteiger partial charge is 0.0414 e. The Labute approximate surface area is 128 Å². The van der Waals surface area contributed by atoms with Crippen LogP contribution in [-0.2, 0) is 0 Å². The summed E-state index contributed by atoms with van der Waals surface area (Å²) in [6.45, 7) is 7.85. The third-order valence-electron chi connectivity index (χ3n) is 4.46. The minimum Gasteiger partial charge on any atom is -0.309 e. The lowest BCUT2D eigenvalue weighted by molar-refractivity contribution is 0.574. The first-order chi connectivity index (χ1) is 9.72. The third kappa shape index (κ3) is 4.26. The van der Waals surface area contributed by atoms with Gasteiger partial charge in [-0.15, -0.1) is 0 Å². The monoisotopic (exact) mass is 291 g/mol. The van der Waals surface area contributed by atoms with Gasteiger partial charge in [0.05, 0.1) is 0 Å². The lowest BCUT2D eigenvalue weighted by Crippen LogP contribution is -2.25. The maximum absolute atomic E-state index is 3.76. The van der Waals surface area contributed by atoms with Gasteiger partial charge in [-0.25, -0.2) is 0 Å². The summed E-state index contributed by atoms with van der Waals surface area (Å²) in [5.41, 5.74) is 4.38. The average molecular weight is 292 g/mol. The standard InChI is InChI=1S/C18H29NS/c1-4-12-19-18(13-20-16-9-5-6-10-16)17-11-7-8-14(2)15(17)3/h7-8,11,16,18-19H,4-6,9-10,12-13H2,1-3H3. The SMILES string of the molecule is CCCNC(CSC1CCCC1)c1cccc(C)c1C. The lowest BCUT2D eigenvalue weighted by atomic mass is 9.98. The first kappa shape index (κ1) is 15.9. The Bertz CT molecular complexity index is 410. The van der Waals surface area contributed by atoms with Crippen LogP contribution in [0, 0.1) is 13.8 Å². The molecule has 1 atom stereocenters. The first-order valence-electron chi connectivity index (χ1n) is 8.13. The molecule has 1 N–H and O–H groups in total. The molecule has 0 amide bonds. The molecule has 20 heavy (non-hydrogen) atoms. The van der Waals surface area contributed by atoms with Crippen molar-refractivity contribution < 1.29 is 0 Å². The van der Waals surface area contributed by atoms with Crippen LogP contribution in [0.5, 0.6) is 0 Å². The molecule has 2 rings (SSSR count). The molecule has 0 saturated heterocycles. The fourth-order valence-corrected chi connectivity index (χ4v) is 4.44. The summed E-state index contributed by atoms with van der Waals surface area (Å²) in [5.74, 6) is 1.22. The van der Waals surface area contributed by atoms with E-state index in [0.717, 1.165) is 11.8 Å². The Balaban J connectivity index is 2.03. The van der Waals surface area contributed by atoms with Crippen LogP contribution in [0.3, 0.4) is 0 Å². The van der Waals surface area contributed by atoms with Crippen LogP contribution in [-0.4, -0.2) is 17.5 Å². The van der Waals surface area contributed by atoms with E-state index in [0.29, 0.717) is 6.04 Å². The van der Waals surface area contributed by atoms with Gasteiger partial charge in [-0.2, -0.15) is 11.8 Å². The summed E-state index contributed by atoms with van der Waals surface area (Å²) in [4.78, 5) is 0. The van der Waals surface area contributed by atoms with Crippen LogP contribution in [0.1, 0.15) is 61.8 Å². The number of hydrogen-bond acceptors (Lipinski definition) is 2. The first-order valence-corrected chi connectivity index (χ1v) is 9.18. The number of hydrogen-bond donors (Lipinski definition) is 1. The Morgan fingerprint density at radius 3 is 2.70 bits per heavy atom. The van der Waals surface area contributed by atoms with Crippen LogP contribution >= 0.6 is 11.8 Å². The Morgan fingerprint density at radius 2 is 2.00 bits per heavy atom. The number of aryl methyl sites for hydroxylation is 1. The molecule has 0 aliphatic heterocycles. The normalized spacial score (nSPS) is 17.6. The highest BCUT2D eigenvalue weighted by Gasteiger charge is 2.19. The molecule has 0 spiro atoms. The average Bonchev–Trinajstić information content (AvgIpc) is 2.96. The Kier molecular flexibility index (Phi) is 6.44. The van der Waals surface area contributed by atoms with Gasteiger partial charge in [0, 0.05) is 17.0 Å². The van der Waals surface area contributed by atoms with Crippen molar-refractivity contribution in [2.75, 3.05) is 12.3 Å². The topological polar surface area (TPSA) is 12.0 Å². The quantitative estimate of drug-likeness (QED) is 0.757. The number of nitrogens with one attached hydrogen (secondary N) is 1. The van der Waals surface area contributed by atoms with Crippen molar-refractivity contribution in [2.45, 2.75) is 64.2 Å². The van der Waals surface area contributed by atoms with Gasteiger partial charge in [-0.1, -0.05) is 38.0 Å². The summed E-state index contributed by atoms with van der Waals surface area (Å²) in [7, 11) is 0. The molecule has 0 radical (unpaired) electrons. The van der Waals surface area contributed by atoms with E-state index < -0.39 is 0 Å². The van der Waals surface area contributed by atoms with Crippen molar-refractivity contribution in [1.82, 2.24) is 5.32 Å². The molecule has 1 aromatic rings. The van der Waals surface area contributed by atoms with Crippen molar-refractivity contribution in [3.63, 3.8) is 0 Å². The number of rotatable bonds is 7. The summed E-state index contributed by atoms with van der Waals surface area (Å²) < 4.78 is 0. The maximum Gasteiger partial charge on any atom is 0.0414 e. The molecule has 0 bridgehead atoms. The molecule has 2 heteroatoms. The zero-order valence-electron chi connectivity index (χ0n) is 13.2. The molecule has 0 aromatic heterocycles. The third-order valence-corrected chi connectivity index (χ3v) is 5.93. The van der Waals surface area contributed by atoms with Crippen molar-refractivity contribution in [3.05, 3.63) is 34.9 Å². The maximum atomic E-state index is 3.76. The summed E-state index contributed by atoms with van der Waals surface area (Å²) in [6, 6.07) is 7.25. The molecule has 1 aliphatic carbocycles. The molecule has 1 nitrogen and oxygen atoms in total. The van der Waals surface area contributed by atoms with Crippen molar-refractivity contribution in [3.8, 4) is 0 Å². The van der Waals surface area contributed by atoms with Crippen LogP contribution in [0.15, 0.2) is 18.2 Å². The zero-order valence-corrected chi connectivity index (χ0v) is 14.1. The second kappa shape index (κ2) is 8.09. The van der Waals surface area contributed by atoms with Crippen LogP contribution in [0.4, 0.5) is 0 Å². The van der Waals surface area contributed by atoms with Gasteiger partial charge < -0.3 is 5.32 Å². The fourth-order valence-electron chi connectivity index (χ4n) is 3.02. The highest BCUT2D eigenvalue weighted by molar-refractivity contribution is 7.99. The largest absolute Gasteiger partial charge is 0.309 e. The minimum absolute atomic E-state index is 0.514. The summed E-state index contributed by atoms with van der Waals surface area (Å²) >= 11 is 2.19. The predicted molar refractivity (Wildman–Crippen MR) is 91.7 cm³/mol. The van der Waals surface area contributed by atoms with Crippen molar-refractivity contribution in [1.29, 1.82) is 0 Å². The van der Waals surface area contributed by atoms with E-state index in [1.807, 2.05) is 0 Å². The van der Waals surface area contributed by atoms with Crippen LogP contribution < -0.4 is 5.32 Å². The Morgan fingerprint density at radius 1 is 1.25 bits per heavy atom. The summed E-state index contributed by atoms with van der Waals surface area (Å²) in [6.07, 6.45) is 6.94. The van der Waals surface area contributed by atoms with E-state index >= 15 is 0 Å². The molecule has 1 aliphatic rings. The van der Waals surface area contributed by atoms with E-state index in [1.54, 1.807) is 0 Å². The molecule has 0 heterocycles. The minimum atomic E-state index is 0.514. The van der Waals surface area contributed by atoms with E-state index in [9.17, 15) is 0 Å². The van der Waals surface area contributed by atoms with Crippen LogP contribution in [0.25, 0.3) is 0 Å². The van der Waals surface area contributed by atoms with Gasteiger partial charge in [-0.3, -0.25) is 0 Å². The Hall–Kier alpha value is -0.470. The van der Waals surface area contributed by atoms with Crippen molar-refractivity contribution in [2.24, 2.45) is 0 Å². The van der Waals surface area contributed by atoms with Gasteiger partial charge >= 0.3 is 0 Å². The van der Waals surface area contributed by atoms with E-state index in [4.69, 9.17) is 0 Å². The fraction of sp³-hybridized carbons (Fsp3) is 0.667.